The first-order chi connectivity index (χ1) is 21.0. The van der Waals surface area contributed by atoms with Crippen molar-refractivity contribution in [2.45, 2.75) is 43.8 Å². The first-order valence-corrected chi connectivity index (χ1v) is 16.1. The molecule has 230 valence electrons. The number of hydrogen-bond donors (Lipinski definition) is 1. The van der Waals surface area contributed by atoms with E-state index in [4.69, 9.17) is 23.2 Å². The van der Waals surface area contributed by atoms with Gasteiger partial charge in [0.05, 0.1) is 10.6 Å². The van der Waals surface area contributed by atoms with Gasteiger partial charge >= 0.3 is 0 Å². The maximum Gasteiger partial charge on any atom is 0.264 e. The monoisotopic (exact) mass is 655 g/mol. The Kier molecular flexibility index (Phi) is 11.0. The zero-order chi connectivity index (χ0) is 31.9. The lowest BCUT2D eigenvalue weighted by molar-refractivity contribution is -0.140. The summed E-state index contributed by atoms with van der Waals surface area (Å²) in [5.41, 5.74) is 1.26. The van der Waals surface area contributed by atoms with Gasteiger partial charge in [0.15, 0.2) is 0 Å². The highest BCUT2D eigenvalue weighted by Crippen LogP contribution is 2.29. The SMILES string of the molecule is CC(C)NC(=O)[C@H](Cc1ccccc1)N(Cc1c(Cl)cccc1Cl)C(=O)CN(c1ccc(F)cc1)S(=O)(=O)c1ccccc1. The van der Waals surface area contributed by atoms with Gasteiger partial charge in [-0.05, 0) is 67.9 Å². The summed E-state index contributed by atoms with van der Waals surface area (Å²) in [5, 5.41) is 3.45. The van der Waals surface area contributed by atoms with Crippen LogP contribution in [0.5, 0.6) is 0 Å². The molecule has 0 unspecified atom stereocenters. The summed E-state index contributed by atoms with van der Waals surface area (Å²) in [6.07, 6.45) is 0.134. The van der Waals surface area contributed by atoms with Gasteiger partial charge in [-0.1, -0.05) is 77.8 Å². The number of benzene rings is 4. The van der Waals surface area contributed by atoms with Crippen molar-refractivity contribution in [1.82, 2.24) is 10.2 Å². The van der Waals surface area contributed by atoms with Crippen LogP contribution in [0.25, 0.3) is 0 Å². The number of nitrogens with zero attached hydrogens (tertiary/aromatic N) is 2. The second-order valence-corrected chi connectivity index (χ2v) is 13.1. The van der Waals surface area contributed by atoms with E-state index in [1.54, 1.807) is 50.2 Å². The average Bonchev–Trinajstić information content (AvgIpc) is 3.00. The summed E-state index contributed by atoms with van der Waals surface area (Å²) in [5.74, 6) is -1.69. The van der Waals surface area contributed by atoms with Gasteiger partial charge in [0, 0.05) is 34.6 Å². The third-order valence-electron chi connectivity index (χ3n) is 6.82. The molecule has 4 rings (SSSR count). The Morgan fingerprint density at radius 3 is 1.95 bits per heavy atom. The molecule has 0 bridgehead atoms. The molecule has 7 nitrogen and oxygen atoms in total. The van der Waals surface area contributed by atoms with Gasteiger partial charge in [-0.2, -0.15) is 0 Å². The molecule has 0 aliphatic heterocycles. The highest BCUT2D eigenvalue weighted by Gasteiger charge is 2.35. The van der Waals surface area contributed by atoms with Gasteiger partial charge in [-0.15, -0.1) is 0 Å². The standard InChI is InChI=1S/C33H32Cl2FN3O4S/c1-23(2)37-33(41)31(20-24-10-5-3-6-11-24)38(21-28-29(34)14-9-15-30(28)35)32(40)22-39(26-18-16-25(36)17-19-26)44(42,43)27-12-7-4-8-13-27/h3-19,23,31H,20-22H2,1-2H3,(H,37,41)/t31-/m0/s1. The first kappa shape index (κ1) is 33.0. The molecule has 4 aromatic carbocycles. The van der Waals surface area contributed by atoms with Gasteiger partial charge in [0.2, 0.25) is 11.8 Å². The fourth-order valence-corrected chi connectivity index (χ4v) is 6.60. The van der Waals surface area contributed by atoms with Crippen LogP contribution < -0.4 is 9.62 Å². The van der Waals surface area contributed by atoms with Gasteiger partial charge < -0.3 is 10.2 Å². The van der Waals surface area contributed by atoms with E-state index in [1.165, 1.54) is 29.2 Å². The normalized spacial score (nSPS) is 12.0. The fourth-order valence-electron chi connectivity index (χ4n) is 4.64. The Morgan fingerprint density at radius 2 is 1.39 bits per heavy atom. The van der Waals surface area contributed by atoms with Crippen LogP contribution in [0.2, 0.25) is 10.0 Å². The third kappa shape index (κ3) is 8.16. The molecular formula is C33H32Cl2FN3O4S. The second kappa shape index (κ2) is 14.7. The molecule has 0 saturated carbocycles. The van der Waals surface area contributed by atoms with Gasteiger partial charge in [-0.3, -0.25) is 13.9 Å². The van der Waals surface area contributed by atoms with Crippen molar-refractivity contribution in [3.05, 3.63) is 130 Å². The van der Waals surface area contributed by atoms with Crippen LogP contribution in [0, 0.1) is 5.82 Å². The van der Waals surface area contributed by atoms with Gasteiger partial charge in [0.25, 0.3) is 10.0 Å². The number of halogens is 3. The Balaban J connectivity index is 1.83. The molecule has 44 heavy (non-hydrogen) atoms. The number of nitrogens with one attached hydrogen (secondary N) is 1. The maximum absolute atomic E-state index is 14.4. The van der Waals surface area contributed by atoms with Crippen LogP contribution in [0.4, 0.5) is 10.1 Å². The Hall–Kier alpha value is -3.92. The number of amides is 2. The third-order valence-corrected chi connectivity index (χ3v) is 9.31. The topological polar surface area (TPSA) is 86.8 Å². The van der Waals surface area contributed by atoms with E-state index in [2.05, 4.69) is 5.32 Å². The lowest BCUT2D eigenvalue weighted by atomic mass is 10.0. The molecule has 0 aliphatic rings. The van der Waals surface area contributed by atoms with Crippen molar-refractivity contribution in [3.63, 3.8) is 0 Å². The van der Waals surface area contributed by atoms with Gasteiger partial charge in [0.1, 0.15) is 18.4 Å². The maximum atomic E-state index is 14.4. The molecule has 4 aromatic rings. The summed E-state index contributed by atoms with van der Waals surface area (Å²) in [7, 11) is -4.30. The largest absolute Gasteiger partial charge is 0.352 e. The Labute approximate surface area is 267 Å². The molecule has 0 fully saturated rings. The summed E-state index contributed by atoms with van der Waals surface area (Å²) in [6.45, 7) is 2.74. The fraction of sp³-hybridized carbons (Fsp3) is 0.212. The Bertz CT molecular complexity index is 1670. The molecule has 0 aromatic heterocycles. The van der Waals surface area contributed by atoms with Crippen LogP contribution in [-0.2, 0) is 32.6 Å². The molecule has 1 N–H and O–H groups in total. The zero-order valence-electron chi connectivity index (χ0n) is 24.2. The van der Waals surface area contributed by atoms with Crippen LogP contribution >= 0.6 is 23.2 Å². The number of carbonyl (C=O) groups excluding carboxylic acids is 2. The van der Waals surface area contributed by atoms with E-state index in [-0.39, 0.29) is 39.6 Å². The molecule has 0 saturated heterocycles. The predicted molar refractivity (Wildman–Crippen MR) is 172 cm³/mol. The van der Waals surface area contributed by atoms with Crippen molar-refractivity contribution in [1.29, 1.82) is 0 Å². The summed E-state index contributed by atoms with van der Waals surface area (Å²) in [4.78, 5) is 29.4. The van der Waals surface area contributed by atoms with Crippen molar-refractivity contribution in [2.75, 3.05) is 10.8 Å². The van der Waals surface area contributed by atoms with E-state index >= 15 is 0 Å². The van der Waals surface area contributed by atoms with E-state index < -0.39 is 40.2 Å². The minimum absolute atomic E-state index is 0.0591. The second-order valence-electron chi connectivity index (χ2n) is 10.4. The summed E-state index contributed by atoms with van der Waals surface area (Å²) in [6, 6.07) is 25.2. The highest BCUT2D eigenvalue weighted by atomic mass is 35.5. The molecule has 0 aliphatic carbocycles. The minimum atomic E-state index is -4.30. The van der Waals surface area contributed by atoms with E-state index in [0.717, 1.165) is 22.0 Å². The van der Waals surface area contributed by atoms with Crippen LogP contribution in [0.3, 0.4) is 0 Å². The molecule has 0 radical (unpaired) electrons. The molecule has 1 atom stereocenters. The van der Waals surface area contributed by atoms with Crippen molar-refractivity contribution >= 4 is 50.7 Å². The van der Waals surface area contributed by atoms with Crippen LogP contribution in [0.15, 0.2) is 108 Å². The van der Waals surface area contributed by atoms with E-state index in [1.807, 2.05) is 30.3 Å². The summed E-state index contributed by atoms with van der Waals surface area (Å²) >= 11 is 13.0. The lowest BCUT2D eigenvalue weighted by Gasteiger charge is -2.34. The number of carbonyl (C=O) groups is 2. The first-order valence-electron chi connectivity index (χ1n) is 13.9. The number of rotatable bonds is 12. The number of anilines is 1. The molecule has 0 heterocycles. The highest BCUT2D eigenvalue weighted by molar-refractivity contribution is 7.92. The quantitative estimate of drug-likeness (QED) is 0.189. The average molecular weight is 657 g/mol. The Morgan fingerprint density at radius 1 is 0.818 bits per heavy atom. The van der Waals surface area contributed by atoms with Crippen molar-refractivity contribution in [2.24, 2.45) is 0 Å². The zero-order valence-corrected chi connectivity index (χ0v) is 26.5. The van der Waals surface area contributed by atoms with E-state index in [9.17, 15) is 22.4 Å². The minimum Gasteiger partial charge on any atom is -0.352 e. The smallest absolute Gasteiger partial charge is 0.264 e. The molecule has 2 amide bonds. The van der Waals surface area contributed by atoms with E-state index in [0.29, 0.717) is 5.56 Å². The predicted octanol–water partition coefficient (Wildman–Crippen LogP) is 6.49. The van der Waals surface area contributed by atoms with Crippen molar-refractivity contribution in [3.8, 4) is 0 Å². The van der Waals surface area contributed by atoms with Crippen LogP contribution in [-0.4, -0.2) is 43.8 Å². The number of hydrogen-bond acceptors (Lipinski definition) is 4. The molecule has 11 heteroatoms. The van der Waals surface area contributed by atoms with Gasteiger partial charge in [-0.25, -0.2) is 12.8 Å². The number of sulfonamides is 1. The lowest BCUT2D eigenvalue weighted by Crippen LogP contribution is -2.54. The van der Waals surface area contributed by atoms with Crippen LogP contribution in [0.1, 0.15) is 25.0 Å². The molecular weight excluding hydrogens is 624 g/mol. The molecule has 0 spiro atoms. The summed E-state index contributed by atoms with van der Waals surface area (Å²) < 4.78 is 42.6. The van der Waals surface area contributed by atoms with Crippen molar-refractivity contribution < 1.29 is 22.4 Å².